The number of hydrogen-bond acceptors (Lipinski definition) is 2. The first-order chi connectivity index (χ1) is 13.5. The summed E-state index contributed by atoms with van der Waals surface area (Å²) in [6, 6.07) is 25.6. The fraction of sp³-hybridized carbons (Fsp3) is 0. The molecule has 0 amide bonds. The van der Waals surface area contributed by atoms with Crippen LogP contribution >= 0.6 is 29.2 Å². The van der Waals surface area contributed by atoms with Crippen LogP contribution in [0.15, 0.2) is 91.0 Å². The Labute approximate surface area is 178 Å². The van der Waals surface area contributed by atoms with Crippen LogP contribution in [0.1, 0.15) is 10.4 Å². The molecule has 28 heavy (non-hydrogen) atoms. The molecule has 5 heteroatoms. The second-order valence-electron chi connectivity index (χ2n) is 6.35. The Morgan fingerprint density at radius 2 is 1.25 bits per heavy atom. The molecule has 1 nitrogen and oxygen atoms in total. The van der Waals surface area contributed by atoms with Crippen LogP contribution in [-0.2, 0) is 11.8 Å². The van der Waals surface area contributed by atoms with Crippen molar-refractivity contribution in [3.8, 4) is 0 Å². The molecule has 0 radical (unpaired) electrons. The highest BCUT2D eigenvalue weighted by atomic mass is 35.5. The molecule has 0 N–H and O–H groups in total. The van der Waals surface area contributed by atoms with E-state index in [4.69, 9.17) is 35.0 Å². The largest absolute Gasteiger partial charge is 0.287 e. The van der Waals surface area contributed by atoms with Gasteiger partial charge >= 0.3 is 0 Å². The van der Waals surface area contributed by atoms with Crippen LogP contribution in [0.25, 0.3) is 10.8 Å². The highest BCUT2D eigenvalue weighted by Gasteiger charge is 2.34. The van der Waals surface area contributed by atoms with Gasteiger partial charge in [-0.25, -0.2) is 0 Å². The predicted molar refractivity (Wildman–Crippen MR) is 125 cm³/mol. The SMILES string of the molecule is O=C(c1c(Cl)cc2ccccc2c1Cl)P(=S)(c1ccccc1)c1ccccc1. The van der Waals surface area contributed by atoms with Crippen molar-refractivity contribution in [1.82, 2.24) is 0 Å². The van der Waals surface area contributed by atoms with Crippen molar-refractivity contribution < 1.29 is 4.79 Å². The van der Waals surface area contributed by atoms with E-state index in [9.17, 15) is 4.79 Å². The molecule has 4 aromatic carbocycles. The molecule has 138 valence electrons. The lowest BCUT2D eigenvalue weighted by Crippen LogP contribution is -2.22. The fourth-order valence-corrected chi connectivity index (χ4v) is 7.62. The minimum absolute atomic E-state index is 0.194. The third-order valence-corrected chi connectivity index (χ3v) is 9.98. The zero-order valence-electron chi connectivity index (χ0n) is 14.7. The van der Waals surface area contributed by atoms with Gasteiger partial charge in [-0.1, -0.05) is 120 Å². The van der Waals surface area contributed by atoms with Gasteiger partial charge in [0.05, 0.1) is 21.6 Å². The van der Waals surface area contributed by atoms with Crippen LogP contribution < -0.4 is 10.6 Å². The molecule has 0 aliphatic heterocycles. The number of hydrogen-bond donors (Lipinski definition) is 0. The Bertz CT molecular complexity index is 1180. The molecular formula is C23H15Cl2OPS. The molecule has 0 bridgehead atoms. The first kappa shape index (κ1) is 19.4. The third kappa shape index (κ3) is 3.21. The van der Waals surface area contributed by atoms with Crippen molar-refractivity contribution in [2.75, 3.05) is 0 Å². The summed E-state index contributed by atoms with van der Waals surface area (Å²) in [5, 5.41) is 4.01. The van der Waals surface area contributed by atoms with Crippen molar-refractivity contribution in [1.29, 1.82) is 0 Å². The molecule has 0 atom stereocenters. The monoisotopic (exact) mass is 440 g/mol. The van der Waals surface area contributed by atoms with Crippen LogP contribution in [0.4, 0.5) is 0 Å². The minimum Gasteiger partial charge on any atom is -0.287 e. The topological polar surface area (TPSA) is 17.1 Å². The molecule has 0 saturated carbocycles. The summed E-state index contributed by atoms with van der Waals surface area (Å²) < 4.78 is 0. The molecule has 0 aromatic heterocycles. The van der Waals surface area contributed by atoms with Gasteiger partial charge in [0.15, 0.2) is 0 Å². The average molecular weight is 441 g/mol. The van der Waals surface area contributed by atoms with E-state index in [-0.39, 0.29) is 5.52 Å². The first-order valence-corrected chi connectivity index (χ1v) is 12.2. The zero-order chi connectivity index (χ0) is 19.7. The van der Waals surface area contributed by atoms with Crippen molar-refractivity contribution in [3.63, 3.8) is 0 Å². The smallest absolute Gasteiger partial charge is 0.205 e. The molecule has 0 spiro atoms. The van der Waals surface area contributed by atoms with Gasteiger partial charge in [-0.2, -0.15) is 0 Å². The van der Waals surface area contributed by atoms with Crippen LogP contribution in [0.5, 0.6) is 0 Å². The molecule has 0 saturated heterocycles. The van der Waals surface area contributed by atoms with Gasteiger partial charge < -0.3 is 0 Å². The molecule has 0 aliphatic rings. The average Bonchev–Trinajstić information content (AvgIpc) is 2.74. The Morgan fingerprint density at radius 1 is 0.750 bits per heavy atom. The number of carbonyl (C=O) groups is 1. The first-order valence-electron chi connectivity index (χ1n) is 8.66. The van der Waals surface area contributed by atoms with E-state index in [0.717, 1.165) is 21.4 Å². The summed E-state index contributed by atoms with van der Waals surface area (Å²) >= 11 is 19.4. The lowest BCUT2D eigenvalue weighted by molar-refractivity contribution is 0.108. The number of halogens is 2. The molecular weight excluding hydrogens is 426 g/mol. The zero-order valence-corrected chi connectivity index (χ0v) is 17.9. The second kappa shape index (κ2) is 7.81. The Hall–Kier alpha value is -1.96. The van der Waals surface area contributed by atoms with Crippen molar-refractivity contribution in [2.24, 2.45) is 0 Å². The Balaban J connectivity index is 2.01. The maximum Gasteiger partial charge on any atom is 0.205 e. The predicted octanol–water partition coefficient (Wildman–Crippen LogP) is 6.42. The highest BCUT2D eigenvalue weighted by molar-refractivity contribution is 8.30. The van der Waals surface area contributed by atoms with E-state index in [0.29, 0.717) is 15.6 Å². The standard InChI is InChI=1S/C23H15Cl2OPS/c24-20-15-16-9-7-8-14-19(16)22(25)21(20)23(26)27(28,17-10-3-1-4-11-17)18-12-5-2-6-13-18/h1-15H. The highest BCUT2D eigenvalue weighted by Crippen LogP contribution is 2.50. The van der Waals surface area contributed by atoms with Gasteiger partial charge in [0.1, 0.15) is 0 Å². The van der Waals surface area contributed by atoms with E-state index in [1.165, 1.54) is 0 Å². The van der Waals surface area contributed by atoms with Crippen LogP contribution in [-0.4, -0.2) is 5.52 Å². The molecule has 0 fully saturated rings. The number of rotatable bonds is 4. The second-order valence-corrected chi connectivity index (χ2v) is 11.4. The summed E-state index contributed by atoms with van der Waals surface area (Å²) in [6.45, 7) is 0. The van der Waals surface area contributed by atoms with Crippen molar-refractivity contribution in [3.05, 3.63) is 107 Å². The van der Waals surface area contributed by atoms with Crippen molar-refractivity contribution in [2.45, 2.75) is 0 Å². The molecule has 0 unspecified atom stereocenters. The fourth-order valence-electron chi connectivity index (χ4n) is 3.28. The van der Waals surface area contributed by atoms with Gasteiger partial charge in [0.25, 0.3) is 0 Å². The van der Waals surface area contributed by atoms with E-state index >= 15 is 0 Å². The quantitative estimate of drug-likeness (QED) is 0.340. The van der Waals surface area contributed by atoms with Crippen molar-refractivity contribution >= 4 is 68.0 Å². The summed E-state index contributed by atoms with van der Waals surface area (Å²) in [4.78, 5) is 13.9. The summed E-state index contributed by atoms with van der Waals surface area (Å²) in [6.07, 6.45) is 0. The summed E-state index contributed by atoms with van der Waals surface area (Å²) in [7, 11) is 0. The van der Waals surface area contributed by atoms with Gasteiger partial charge in [-0.3, -0.25) is 4.79 Å². The molecule has 4 aromatic rings. The lowest BCUT2D eigenvalue weighted by atomic mass is 10.1. The van der Waals surface area contributed by atoms with E-state index in [2.05, 4.69) is 0 Å². The van der Waals surface area contributed by atoms with E-state index in [1.54, 1.807) is 6.07 Å². The molecule has 0 aliphatic carbocycles. The third-order valence-electron chi connectivity index (χ3n) is 4.68. The van der Waals surface area contributed by atoms with Crippen LogP contribution in [0, 0.1) is 0 Å². The van der Waals surface area contributed by atoms with Crippen LogP contribution in [0.3, 0.4) is 0 Å². The van der Waals surface area contributed by atoms with Crippen LogP contribution in [0.2, 0.25) is 10.0 Å². The number of benzene rings is 4. The summed E-state index contributed by atoms with van der Waals surface area (Å²) in [5.74, 6) is 0. The van der Waals surface area contributed by atoms with E-state index < -0.39 is 6.04 Å². The lowest BCUT2D eigenvalue weighted by Gasteiger charge is -2.23. The van der Waals surface area contributed by atoms with E-state index in [1.807, 2.05) is 84.9 Å². The normalized spacial score (nSPS) is 11.5. The van der Waals surface area contributed by atoms with Gasteiger partial charge in [0, 0.05) is 5.39 Å². The van der Waals surface area contributed by atoms with Gasteiger partial charge in [0.2, 0.25) is 5.52 Å². The molecule has 0 heterocycles. The Morgan fingerprint density at radius 3 is 1.82 bits per heavy atom. The van der Waals surface area contributed by atoms with Gasteiger partial charge in [-0.05, 0) is 22.1 Å². The number of fused-ring (bicyclic) bond motifs is 1. The maximum atomic E-state index is 13.9. The maximum absolute atomic E-state index is 13.9. The Kier molecular flexibility index (Phi) is 5.40. The minimum atomic E-state index is -2.84. The summed E-state index contributed by atoms with van der Waals surface area (Å²) in [5.41, 5.74) is 0.110. The van der Waals surface area contributed by atoms with Gasteiger partial charge in [-0.15, -0.1) is 0 Å². The number of carbonyl (C=O) groups excluding carboxylic acids is 1. The molecule has 4 rings (SSSR count).